The fourth-order valence-electron chi connectivity index (χ4n) is 9.85. The summed E-state index contributed by atoms with van der Waals surface area (Å²) >= 11 is 1.59. The standard InChI is InChI=1S/C42H50N6O3S/c1-45-39(36(24-43-45)42(50)47-20-19-46-18-8-11-31(46)26-47)30-21-29-22-32(51-2)15-17-34(29)40-38(27-9-4-3-5-10-27)35-16-14-28(23-37(35)48(40)25-30)41(49)44-52-33-12-6-7-13-33/h14-17,21-24,27,31,33H,3-13,18-20,25-26H2,1-2H3,(H,44,49). The Morgan fingerprint density at radius 3 is 2.56 bits per heavy atom. The third-order valence-electron chi connectivity index (χ3n) is 12.5. The number of amides is 2. The Morgan fingerprint density at radius 2 is 1.73 bits per heavy atom. The Bertz CT molecular complexity index is 2050. The molecule has 2 aliphatic carbocycles. The number of nitrogens with zero attached hydrogens (tertiary/aromatic N) is 5. The summed E-state index contributed by atoms with van der Waals surface area (Å²) in [5.41, 5.74) is 9.10. The molecule has 1 N–H and O–H groups in total. The molecule has 0 bridgehead atoms. The molecule has 5 aliphatic rings. The zero-order valence-corrected chi connectivity index (χ0v) is 31.4. The number of fused-ring (bicyclic) bond motifs is 6. The molecule has 0 spiro atoms. The van der Waals surface area contributed by atoms with E-state index in [2.05, 4.69) is 50.6 Å². The topological polar surface area (TPSA) is 84.6 Å². The molecule has 4 fully saturated rings. The molecule has 2 saturated heterocycles. The fraction of sp³-hybridized carbons (Fsp3) is 0.500. The summed E-state index contributed by atoms with van der Waals surface area (Å²) in [5.74, 6) is 1.26. The summed E-state index contributed by atoms with van der Waals surface area (Å²) in [6.07, 6.45) is 17.2. The van der Waals surface area contributed by atoms with Crippen LogP contribution in [-0.2, 0) is 13.6 Å². The lowest BCUT2D eigenvalue weighted by Crippen LogP contribution is -2.52. The molecule has 2 amide bonds. The van der Waals surface area contributed by atoms with Crippen molar-refractivity contribution in [3.63, 3.8) is 0 Å². The minimum atomic E-state index is -0.0371. The van der Waals surface area contributed by atoms with Gasteiger partial charge in [0.1, 0.15) is 5.75 Å². The molecule has 2 aromatic carbocycles. The minimum Gasteiger partial charge on any atom is -0.497 e. The van der Waals surface area contributed by atoms with Crippen LogP contribution in [0.4, 0.5) is 0 Å². The van der Waals surface area contributed by atoms with Crippen molar-refractivity contribution in [2.24, 2.45) is 7.05 Å². The van der Waals surface area contributed by atoms with Gasteiger partial charge in [0.05, 0.1) is 36.8 Å². The first-order chi connectivity index (χ1) is 25.5. The number of aromatic nitrogens is 3. The van der Waals surface area contributed by atoms with Crippen LogP contribution in [0.2, 0.25) is 0 Å². The van der Waals surface area contributed by atoms with Crippen LogP contribution < -0.4 is 9.46 Å². The van der Waals surface area contributed by atoms with E-state index in [9.17, 15) is 9.59 Å². The summed E-state index contributed by atoms with van der Waals surface area (Å²) in [6.45, 7) is 4.13. The molecular formula is C42H50N6O3S. The molecular weight excluding hydrogens is 669 g/mol. The van der Waals surface area contributed by atoms with Crippen LogP contribution in [-0.4, -0.2) is 80.5 Å². The zero-order chi connectivity index (χ0) is 35.3. The summed E-state index contributed by atoms with van der Waals surface area (Å²) in [7, 11) is 3.67. The monoisotopic (exact) mass is 718 g/mol. The number of hydrogen-bond donors (Lipinski definition) is 1. The number of rotatable bonds is 7. The molecule has 2 saturated carbocycles. The molecule has 1 atom stereocenters. The third-order valence-corrected chi connectivity index (χ3v) is 13.6. The van der Waals surface area contributed by atoms with E-state index in [1.165, 1.54) is 55.2 Å². The maximum atomic E-state index is 14.4. The SMILES string of the molecule is COc1ccc2c(c1)C=C(c1c(C(=O)N3CCN4CCCC4C3)cnn1C)Cn1c-2c(C2CCCCC2)c2ccc(C(=O)NSC3CCCC3)cc21. The molecule has 9 nitrogen and oxygen atoms in total. The number of nitrogens with one attached hydrogen (secondary N) is 1. The predicted octanol–water partition coefficient (Wildman–Crippen LogP) is 7.89. The van der Waals surface area contributed by atoms with Crippen molar-refractivity contribution in [2.75, 3.05) is 33.3 Å². The van der Waals surface area contributed by atoms with Gasteiger partial charge in [-0.25, -0.2) is 0 Å². The van der Waals surface area contributed by atoms with Gasteiger partial charge in [0.15, 0.2) is 0 Å². The number of hydrogen-bond acceptors (Lipinski definition) is 6. The van der Waals surface area contributed by atoms with E-state index in [0.717, 1.165) is 91.9 Å². The number of benzene rings is 2. The summed E-state index contributed by atoms with van der Waals surface area (Å²) in [4.78, 5) is 32.7. The van der Waals surface area contributed by atoms with E-state index in [-0.39, 0.29) is 11.8 Å². The van der Waals surface area contributed by atoms with E-state index < -0.39 is 0 Å². The van der Waals surface area contributed by atoms with Gasteiger partial charge in [0, 0.05) is 60.0 Å². The highest BCUT2D eigenvalue weighted by Gasteiger charge is 2.36. The molecule has 1 unspecified atom stereocenters. The zero-order valence-electron chi connectivity index (χ0n) is 30.5. The van der Waals surface area contributed by atoms with Gasteiger partial charge in [0.25, 0.3) is 11.8 Å². The maximum absolute atomic E-state index is 14.4. The van der Waals surface area contributed by atoms with Gasteiger partial charge in [-0.3, -0.25) is 23.9 Å². The second kappa shape index (κ2) is 14.1. The fourth-order valence-corrected chi connectivity index (χ4v) is 10.8. The van der Waals surface area contributed by atoms with Gasteiger partial charge >= 0.3 is 0 Å². The molecule has 0 radical (unpaired) electrons. The second-order valence-electron chi connectivity index (χ2n) is 15.6. The normalized spacial score (nSPS) is 21.1. The van der Waals surface area contributed by atoms with Gasteiger partial charge in [-0.2, -0.15) is 5.10 Å². The minimum absolute atomic E-state index is 0.0371. The Labute approximate surface area is 310 Å². The summed E-state index contributed by atoms with van der Waals surface area (Å²) in [6, 6.07) is 13.2. The highest BCUT2D eigenvalue weighted by molar-refractivity contribution is 7.98. The van der Waals surface area contributed by atoms with Crippen LogP contribution >= 0.6 is 11.9 Å². The van der Waals surface area contributed by atoms with Crippen LogP contribution in [0.15, 0.2) is 42.6 Å². The van der Waals surface area contributed by atoms with E-state index >= 15 is 0 Å². The molecule has 2 aromatic heterocycles. The largest absolute Gasteiger partial charge is 0.497 e. The van der Waals surface area contributed by atoms with Crippen LogP contribution in [0, 0.1) is 0 Å². The first-order valence-corrected chi connectivity index (χ1v) is 20.4. The maximum Gasteiger partial charge on any atom is 0.261 e. The van der Waals surface area contributed by atoms with Crippen LogP contribution in [0.5, 0.6) is 5.75 Å². The van der Waals surface area contributed by atoms with E-state index in [1.807, 2.05) is 22.7 Å². The number of ether oxygens (including phenoxy) is 1. The predicted molar refractivity (Wildman–Crippen MR) is 209 cm³/mol. The number of aryl methyl sites for hydroxylation is 1. The molecule has 5 heterocycles. The van der Waals surface area contributed by atoms with Gasteiger partial charge in [0.2, 0.25) is 0 Å². The molecule has 272 valence electrons. The Kier molecular flexibility index (Phi) is 9.15. The van der Waals surface area contributed by atoms with Crippen molar-refractivity contribution in [3.05, 3.63) is 70.5 Å². The van der Waals surface area contributed by atoms with Crippen molar-refractivity contribution in [3.8, 4) is 17.0 Å². The van der Waals surface area contributed by atoms with Crippen molar-refractivity contribution in [1.29, 1.82) is 0 Å². The van der Waals surface area contributed by atoms with Gasteiger partial charge in [-0.1, -0.05) is 38.2 Å². The van der Waals surface area contributed by atoms with Crippen molar-refractivity contribution >= 4 is 46.3 Å². The number of carbonyl (C=O) groups is 2. The number of allylic oxidation sites excluding steroid dienone is 1. The lowest BCUT2D eigenvalue weighted by Gasteiger charge is -2.37. The summed E-state index contributed by atoms with van der Waals surface area (Å²) < 4.78 is 13.3. The first-order valence-electron chi connectivity index (χ1n) is 19.5. The van der Waals surface area contributed by atoms with Gasteiger partial charge in [-0.05, 0) is 116 Å². The molecule has 3 aliphatic heterocycles. The number of piperazine rings is 1. The second-order valence-corrected chi connectivity index (χ2v) is 16.7. The highest BCUT2D eigenvalue weighted by atomic mass is 32.2. The third kappa shape index (κ3) is 6.05. The van der Waals surface area contributed by atoms with Crippen LogP contribution in [0.3, 0.4) is 0 Å². The highest BCUT2D eigenvalue weighted by Crippen LogP contribution is 2.48. The van der Waals surface area contributed by atoms with Gasteiger partial charge < -0.3 is 14.2 Å². The molecule has 4 aromatic rings. The Hall–Kier alpha value is -4.02. The quantitative estimate of drug-likeness (QED) is 0.196. The van der Waals surface area contributed by atoms with Crippen molar-refractivity contribution in [2.45, 2.75) is 94.4 Å². The van der Waals surface area contributed by atoms with Crippen molar-refractivity contribution in [1.82, 2.24) is 28.9 Å². The molecule has 52 heavy (non-hydrogen) atoms. The van der Waals surface area contributed by atoms with E-state index in [0.29, 0.717) is 34.9 Å². The number of methoxy groups -OCH3 is 1. The average molecular weight is 719 g/mol. The molecule has 10 heteroatoms. The van der Waals surface area contributed by atoms with E-state index in [4.69, 9.17) is 9.84 Å². The van der Waals surface area contributed by atoms with E-state index in [1.54, 1.807) is 25.3 Å². The smallest absolute Gasteiger partial charge is 0.261 e. The van der Waals surface area contributed by atoms with Crippen molar-refractivity contribution < 1.29 is 14.3 Å². The lowest BCUT2D eigenvalue weighted by molar-refractivity contribution is 0.0571. The van der Waals surface area contributed by atoms with Crippen LogP contribution in [0.25, 0.3) is 33.8 Å². The lowest BCUT2D eigenvalue weighted by atomic mass is 9.81. The van der Waals surface area contributed by atoms with Gasteiger partial charge in [-0.15, -0.1) is 0 Å². The first kappa shape index (κ1) is 33.8. The average Bonchev–Trinajstić information content (AvgIpc) is 3.99. The number of carbonyl (C=O) groups excluding carboxylic acids is 2. The Morgan fingerprint density at radius 1 is 0.904 bits per heavy atom. The van der Waals surface area contributed by atoms with Crippen LogP contribution in [0.1, 0.15) is 114 Å². The summed E-state index contributed by atoms with van der Waals surface area (Å²) in [5, 5.41) is 6.43. The molecule has 9 rings (SSSR count). The Balaban J connectivity index is 1.17.